The first-order chi connectivity index (χ1) is 14.3. The number of hydrogen-bond acceptors (Lipinski definition) is 10. The Hall–Kier alpha value is -2.85. The van der Waals surface area contributed by atoms with Crippen LogP contribution in [0, 0.1) is 0 Å². The van der Waals surface area contributed by atoms with Gasteiger partial charge in [0.05, 0.1) is 0 Å². The normalized spacial score (nSPS) is 29.5. The molecule has 12 nitrogen and oxygen atoms in total. The van der Waals surface area contributed by atoms with Gasteiger partial charge in [0, 0.05) is 38.0 Å². The molecule has 1 aliphatic heterocycles. The topological polar surface area (TPSA) is 163 Å². The largest absolute Gasteiger partial charge is 0.463 e. The number of nitrogens with zero attached hydrogens (tertiary/aromatic N) is 3. The summed E-state index contributed by atoms with van der Waals surface area (Å²) in [5.74, 6) is -4.30. The summed E-state index contributed by atoms with van der Waals surface area (Å²) in [6.07, 6.45) is -7.97. The smallest absolute Gasteiger partial charge is 0.303 e. The maximum absolute atomic E-state index is 11.7. The SMILES string of the molecule is [2H]CC(=O)OC[C@H]1OC(N=[N+]=[N-])[C@H](OC(=O)C[2H])[C@@H](OC(=O)C[2H])[C@@H]1OC(=O)C[2H]. The average Bonchev–Trinajstić information content (AvgIpc) is 2.75. The van der Waals surface area contributed by atoms with E-state index in [-0.39, 0.29) is 0 Å². The molecule has 1 aliphatic rings. The van der Waals surface area contributed by atoms with Gasteiger partial charge in [-0.15, -0.1) is 0 Å². The molecular weight excluding hydrogens is 354 g/mol. The molecule has 1 saturated heterocycles. The van der Waals surface area contributed by atoms with Crippen LogP contribution in [0.15, 0.2) is 5.11 Å². The van der Waals surface area contributed by atoms with E-state index < -0.39 is 88.7 Å². The molecule has 0 aromatic heterocycles. The average molecular weight is 377 g/mol. The van der Waals surface area contributed by atoms with Crippen LogP contribution in [0.1, 0.15) is 33.1 Å². The first-order valence-electron chi connectivity index (χ1n) is 9.74. The van der Waals surface area contributed by atoms with E-state index in [1.165, 1.54) is 0 Å². The summed E-state index contributed by atoms with van der Waals surface area (Å²) in [7, 11) is 0. The number of rotatable bonds is 6. The molecule has 144 valence electrons. The number of carbonyl (C=O) groups excluding carboxylic acids is 4. The van der Waals surface area contributed by atoms with E-state index >= 15 is 0 Å². The van der Waals surface area contributed by atoms with Crippen LogP contribution in [0.25, 0.3) is 10.4 Å². The molecule has 1 rings (SSSR count). The van der Waals surface area contributed by atoms with Gasteiger partial charge in [-0.2, -0.15) is 0 Å². The standard InChI is InChI=1S/C14H19N3O9/c1-6(18)22-5-10-11(23-7(2)19)12(24-8(3)20)13(25-9(4)21)14(26-10)16-17-15/h10-14H,5H2,1-4H3/t10-,11-,12+,13-,14?/m1/s1/i1D,2D,3D,4D. The lowest BCUT2D eigenvalue weighted by Gasteiger charge is -2.43. The van der Waals surface area contributed by atoms with Gasteiger partial charge in [-0.25, -0.2) is 0 Å². The summed E-state index contributed by atoms with van der Waals surface area (Å²) < 4.78 is 53.5. The maximum atomic E-state index is 11.7. The summed E-state index contributed by atoms with van der Waals surface area (Å²) in [4.78, 5) is 49.0. The second-order valence-electron chi connectivity index (χ2n) is 4.82. The van der Waals surface area contributed by atoms with Crippen molar-refractivity contribution in [3.05, 3.63) is 10.4 Å². The minimum atomic E-state index is -1.67. The molecule has 0 radical (unpaired) electrons. The molecule has 12 heteroatoms. The van der Waals surface area contributed by atoms with Gasteiger partial charge in [-0.3, -0.25) is 19.2 Å². The highest BCUT2D eigenvalue weighted by Gasteiger charge is 2.51. The van der Waals surface area contributed by atoms with Gasteiger partial charge in [-0.05, 0) is 5.53 Å². The molecular formula is C14H19N3O9. The van der Waals surface area contributed by atoms with Gasteiger partial charge in [0.25, 0.3) is 0 Å². The summed E-state index contributed by atoms with van der Waals surface area (Å²) in [6.45, 7) is -3.91. The van der Waals surface area contributed by atoms with Crippen LogP contribution in [0.3, 0.4) is 0 Å². The van der Waals surface area contributed by atoms with Gasteiger partial charge < -0.3 is 23.7 Å². The van der Waals surface area contributed by atoms with Crippen LogP contribution in [-0.4, -0.2) is 61.1 Å². The van der Waals surface area contributed by atoms with Crippen LogP contribution < -0.4 is 0 Å². The van der Waals surface area contributed by atoms with Crippen molar-refractivity contribution in [3.8, 4) is 0 Å². The first kappa shape index (κ1) is 15.4. The molecule has 1 fully saturated rings. The summed E-state index contributed by atoms with van der Waals surface area (Å²) >= 11 is 0. The predicted octanol–water partition coefficient (Wildman–Crippen LogP) is 0.380. The molecule has 0 saturated carbocycles. The lowest BCUT2D eigenvalue weighted by atomic mass is 9.97. The molecule has 0 bridgehead atoms. The Labute approximate surface area is 153 Å². The fraction of sp³-hybridized carbons (Fsp3) is 0.714. The summed E-state index contributed by atoms with van der Waals surface area (Å²) in [5, 5.41) is 3.29. The Balaban J connectivity index is 3.35. The third-order valence-corrected chi connectivity index (χ3v) is 2.99. The van der Waals surface area contributed by atoms with Gasteiger partial charge in [0.15, 0.2) is 24.5 Å². The number of hydrogen-bond donors (Lipinski definition) is 0. The van der Waals surface area contributed by atoms with Crippen molar-refractivity contribution in [2.45, 2.75) is 58.2 Å². The number of azide groups is 1. The van der Waals surface area contributed by atoms with Crippen molar-refractivity contribution < 1.29 is 48.3 Å². The Kier molecular flexibility index (Phi) is 5.68. The van der Waals surface area contributed by atoms with E-state index in [1.807, 2.05) is 0 Å². The Morgan fingerprint density at radius 1 is 0.962 bits per heavy atom. The van der Waals surface area contributed by atoms with E-state index in [4.69, 9.17) is 34.7 Å². The molecule has 26 heavy (non-hydrogen) atoms. The van der Waals surface area contributed by atoms with Gasteiger partial charge >= 0.3 is 23.9 Å². The van der Waals surface area contributed by atoms with Crippen molar-refractivity contribution in [1.29, 1.82) is 0 Å². The molecule has 1 heterocycles. The second kappa shape index (κ2) is 9.59. The van der Waals surface area contributed by atoms with Crippen LogP contribution in [-0.2, 0) is 42.9 Å². The van der Waals surface area contributed by atoms with Crippen LogP contribution >= 0.6 is 0 Å². The highest BCUT2D eigenvalue weighted by atomic mass is 16.7. The second-order valence-corrected chi connectivity index (χ2v) is 4.82. The zero-order valence-corrected chi connectivity index (χ0v) is 13.4. The Morgan fingerprint density at radius 2 is 1.50 bits per heavy atom. The van der Waals surface area contributed by atoms with Gasteiger partial charge in [-0.1, -0.05) is 5.11 Å². The molecule has 1 unspecified atom stereocenters. The number of esters is 4. The van der Waals surface area contributed by atoms with Crippen LogP contribution in [0.5, 0.6) is 0 Å². The van der Waals surface area contributed by atoms with Crippen molar-refractivity contribution in [2.75, 3.05) is 6.61 Å². The lowest BCUT2D eigenvalue weighted by molar-refractivity contribution is -0.251. The number of ether oxygens (including phenoxy) is 5. The molecule has 0 aliphatic carbocycles. The van der Waals surface area contributed by atoms with E-state index in [0.717, 1.165) is 0 Å². The number of carbonyl (C=O) groups is 4. The maximum Gasteiger partial charge on any atom is 0.303 e. The monoisotopic (exact) mass is 377 g/mol. The molecule has 5 atom stereocenters. The van der Waals surface area contributed by atoms with Crippen molar-refractivity contribution in [1.82, 2.24) is 0 Å². The fourth-order valence-electron chi connectivity index (χ4n) is 2.21. The quantitative estimate of drug-likeness (QED) is 0.209. The molecule has 0 amide bonds. The summed E-state index contributed by atoms with van der Waals surface area (Å²) in [6, 6.07) is 0. The molecule has 0 spiro atoms. The highest BCUT2D eigenvalue weighted by Crippen LogP contribution is 2.29. The van der Waals surface area contributed by atoms with Crippen molar-refractivity contribution in [3.63, 3.8) is 0 Å². The molecule has 0 aromatic carbocycles. The van der Waals surface area contributed by atoms with E-state index in [0.29, 0.717) is 0 Å². The first-order valence-corrected chi connectivity index (χ1v) is 6.91. The van der Waals surface area contributed by atoms with Gasteiger partial charge in [0.1, 0.15) is 12.7 Å². The zero-order valence-electron chi connectivity index (χ0n) is 17.4. The summed E-state index contributed by atoms with van der Waals surface area (Å²) in [5.41, 5.74) is 8.78. The van der Waals surface area contributed by atoms with Gasteiger partial charge in [0.2, 0.25) is 0 Å². The van der Waals surface area contributed by atoms with E-state index in [1.54, 1.807) is 0 Å². The predicted molar refractivity (Wildman–Crippen MR) is 81.1 cm³/mol. The minimum absolute atomic E-state index is 0.626. The van der Waals surface area contributed by atoms with E-state index in [2.05, 4.69) is 10.0 Å². The third kappa shape index (κ3) is 6.22. The van der Waals surface area contributed by atoms with Crippen LogP contribution in [0.4, 0.5) is 0 Å². The molecule has 0 aromatic rings. The fourth-order valence-corrected chi connectivity index (χ4v) is 2.21. The lowest BCUT2D eigenvalue weighted by Crippen LogP contribution is -2.61. The Morgan fingerprint density at radius 3 is 2.04 bits per heavy atom. The van der Waals surface area contributed by atoms with Crippen molar-refractivity contribution >= 4 is 23.9 Å². The zero-order chi connectivity index (χ0) is 22.7. The highest BCUT2D eigenvalue weighted by molar-refractivity contribution is 5.68. The molecule has 0 N–H and O–H groups in total. The van der Waals surface area contributed by atoms with Crippen molar-refractivity contribution in [2.24, 2.45) is 5.11 Å². The Bertz CT molecular complexity index is 692. The van der Waals surface area contributed by atoms with E-state index in [9.17, 15) is 19.2 Å². The minimum Gasteiger partial charge on any atom is -0.463 e. The van der Waals surface area contributed by atoms with Crippen LogP contribution in [0.2, 0.25) is 0 Å². The third-order valence-electron chi connectivity index (χ3n) is 2.99.